The molecular weight excluding hydrogens is 400 g/mol. The highest BCUT2D eigenvalue weighted by Crippen LogP contribution is 2.38. The highest BCUT2D eigenvalue weighted by molar-refractivity contribution is 9.11. The molecule has 0 aromatic heterocycles. The number of benzene rings is 2. The van der Waals surface area contributed by atoms with Gasteiger partial charge < -0.3 is 9.47 Å². The molecule has 0 atom stereocenters. The van der Waals surface area contributed by atoms with Crippen molar-refractivity contribution in [2.75, 3.05) is 14.2 Å². The van der Waals surface area contributed by atoms with Crippen LogP contribution in [0.2, 0.25) is 0 Å². The van der Waals surface area contributed by atoms with E-state index in [4.69, 9.17) is 9.47 Å². The molecule has 2 aromatic rings. The lowest BCUT2D eigenvalue weighted by atomic mass is 9.98. The summed E-state index contributed by atoms with van der Waals surface area (Å²) < 4.78 is 12.1. The van der Waals surface area contributed by atoms with Gasteiger partial charge in [0.05, 0.1) is 19.8 Å². The number of ketones is 1. The molecule has 0 fully saturated rings. The van der Waals surface area contributed by atoms with Gasteiger partial charge in [0.2, 0.25) is 0 Å². The first-order chi connectivity index (χ1) is 9.99. The molecule has 0 spiro atoms. The molecule has 0 saturated carbocycles. The van der Waals surface area contributed by atoms with Crippen molar-refractivity contribution in [2.45, 2.75) is 6.92 Å². The average molecular weight is 414 g/mol. The minimum absolute atomic E-state index is 0.0889. The van der Waals surface area contributed by atoms with Gasteiger partial charge in [-0.3, -0.25) is 4.79 Å². The van der Waals surface area contributed by atoms with Gasteiger partial charge in [0, 0.05) is 10.0 Å². The second kappa shape index (κ2) is 6.62. The maximum atomic E-state index is 12.8. The summed E-state index contributed by atoms with van der Waals surface area (Å²) in [6.45, 7) is 1.91. The van der Waals surface area contributed by atoms with Crippen molar-refractivity contribution in [3.63, 3.8) is 0 Å². The van der Waals surface area contributed by atoms with E-state index in [1.54, 1.807) is 19.2 Å². The first-order valence-electron chi connectivity index (χ1n) is 6.21. The Kier molecular flexibility index (Phi) is 5.06. The normalized spacial score (nSPS) is 10.3. The number of ether oxygens (including phenoxy) is 2. The third-order valence-electron chi connectivity index (χ3n) is 3.17. The van der Waals surface area contributed by atoms with Crippen LogP contribution in [0.5, 0.6) is 11.5 Å². The number of halogens is 2. The summed E-state index contributed by atoms with van der Waals surface area (Å²) in [4.78, 5) is 12.8. The summed E-state index contributed by atoms with van der Waals surface area (Å²) in [6, 6.07) is 9.09. The standard InChI is InChI=1S/C16H14Br2O3/c1-9-4-5-10(17)8-12(9)15(19)11-6-7-13(20-2)14(18)16(11)21-3/h4-8H,1-3H3. The van der Waals surface area contributed by atoms with Crippen LogP contribution in [0.25, 0.3) is 0 Å². The van der Waals surface area contributed by atoms with Crippen LogP contribution >= 0.6 is 31.9 Å². The van der Waals surface area contributed by atoms with E-state index in [1.807, 2.05) is 25.1 Å². The molecule has 0 aliphatic rings. The average Bonchev–Trinajstić information content (AvgIpc) is 2.48. The molecule has 110 valence electrons. The number of carbonyl (C=O) groups excluding carboxylic acids is 1. The number of hydrogen-bond acceptors (Lipinski definition) is 3. The van der Waals surface area contributed by atoms with Crippen LogP contribution in [0.3, 0.4) is 0 Å². The number of aryl methyl sites for hydroxylation is 1. The predicted molar refractivity (Wildman–Crippen MR) is 89.6 cm³/mol. The van der Waals surface area contributed by atoms with Gasteiger partial charge in [-0.2, -0.15) is 0 Å². The zero-order valence-corrected chi connectivity index (χ0v) is 15.0. The Morgan fingerprint density at radius 2 is 1.71 bits per heavy atom. The molecule has 0 aliphatic heterocycles. The maximum Gasteiger partial charge on any atom is 0.197 e. The fraction of sp³-hybridized carbons (Fsp3) is 0.188. The van der Waals surface area contributed by atoms with Gasteiger partial charge in [0.25, 0.3) is 0 Å². The Morgan fingerprint density at radius 3 is 2.33 bits per heavy atom. The second-order valence-corrected chi connectivity index (χ2v) is 6.16. The summed E-state index contributed by atoms with van der Waals surface area (Å²) in [5.74, 6) is 1.00. The molecular formula is C16H14Br2O3. The molecule has 0 heterocycles. The minimum Gasteiger partial charge on any atom is -0.495 e. The van der Waals surface area contributed by atoms with Gasteiger partial charge in [-0.15, -0.1) is 0 Å². The minimum atomic E-state index is -0.0889. The lowest BCUT2D eigenvalue weighted by Crippen LogP contribution is -2.07. The van der Waals surface area contributed by atoms with Crippen molar-refractivity contribution < 1.29 is 14.3 Å². The van der Waals surface area contributed by atoms with Gasteiger partial charge in [0.1, 0.15) is 16.0 Å². The summed E-state index contributed by atoms with van der Waals surface area (Å²) in [6.07, 6.45) is 0. The topological polar surface area (TPSA) is 35.5 Å². The van der Waals surface area contributed by atoms with E-state index in [9.17, 15) is 4.79 Å². The van der Waals surface area contributed by atoms with E-state index in [2.05, 4.69) is 31.9 Å². The van der Waals surface area contributed by atoms with Crippen LogP contribution in [0, 0.1) is 6.92 Å². The largest absolute Gasteiger partial charge is 0.495 e. The molecule has 0 N–H and O–H groups in total. The van der Waals surface area contributed by atoms with Crippen LogP contribution in [0.1, 0.15) is 21.5 Å². The van der Waals surface area contributed by atoms with Crippen LogP contribution in [0.4, 0.5) is 0 Å². The van der Waals surface area contributed by atoms with Gasteiger partial charge in [-0.25, -0.2) is 0 Å². The Morgan fingerprint density at radius 1 is 1.00 bits per heavy atom. The molecule has 3 nitrogen and oxygen atoms in total. The first-order valence-corrected chi connectivity index (χ1v) is 7.79. The number of rotatable bonds is 4. The van der Waals surface area contributed by atoms with Crippen molar-refractivity contribution >= 4 is 37.6 Å². The second-order valence-electron chi connectivity index (χ2n) is 4.45. The van der Waals surface area contributed by atoms with Gasteiger partial charge in [-0.05, 0) is 52.7 Å². The number of methoxy groups -OCH3 is 2. The molecule has 0 amide bonds. The quantitative estimate of drug-likeness (QED) is 0.677. The van der Waals surface area contributed by atoms with Crippen LogP contribution in [-0.2, 0) is 0 Å². The predicted octanol–water partition coefficient (Wildman–Crippen LogP) is 4.77. The zero-order valence-electron chi connectivity index (χ0n) is 11.9. The lowest BCUT2D eigenvalue weighted by molar-refractivity contribution is 0.103. The van der Waals surface area contributed by atoms with Crippen LogP contribution in [0.15, 0.2) is 39.3 Å². The molecule has 0 unspecified atom stereocenters. The SMILES string of the molecule is COc1ccc(C(=O)c2cc(Br)ccc2C)c(OC)c1Br. The molecule has 0 saturated heterocycles. The van der Waals surface area contributed by atoms with Gasteiger partial charge in [0.15, 0.2) is 5.78 Å². The summed E-state index contributed by atoms with van der Waals surface area (Å²) >= 11 is 6.81. The Balaban J connectivity index is 2.58. The zero-order chi connectivity index (χ0) is 15.6. The van der Waals surface area contributed by atoms with Gasteiger partial charge in [-0.1, -0.05) is 22.0 Å². The summed E-state index contributed by atoms with van der Waals surface area (Å²) in [5.41, 5.74) is 2.04. The van der Waals surface area contributed by atoms with Gasteiger partial charge >= 0.3 is 0 Å². The Labute approximate surface area is 140 Å². The fourth-order valence-electron chi connectivity index (χ4n) is 2.06. The van der Waals surface area contributed by atoms with Crippen molar-refractivity contribution in [3.8, 4) is 11.5 Å². The van der Waals surface area contributed by atoms with E-state index in [1.165, 1.54) is 7.11 Å². The Hall–Kier alpha value is -1.33. The molecule has 0 bridgehead atoms. The molecule has 2 aromatic carbocycles. The first kappa shape index (κ1) is 16.0. The van der Waals surface area contributed by atoms with E-state index in [0.717, 1.165) is 10.0 Å². The molecule has 5 heteroatoms. The van der Waals surface area contributed by atoms with E-state index < -0.39 is 0 Å². The molecule has 2 rings (SSSR count). The van der Waals surface area contributed by atoms with Crippen LogP contribution < -0.4 is 9.47 Å². The monoisotopic (exact) mass is 412 g/mol. The summed E-state index contributed by atoms with van der Waals surface area (Å²) in [5, 5.41) is 0. The van der Waals surface area contributed by atoms with E-state index >= 15 is 0 Å². The molecule has 21 heavy (non-hydrogen) atoms. The molecule has 0 radical (unpaired) electrons. The fourth-order valence-corrected chi connectivity index (χ4v) is 3.09. The smallest absolute Gasteiger partial charge is 0.197 e. The Bertz CT molecular complexity index is 696. The van der Waals surface area contributed by atoms with Crippen LogP contribution in [-0.4, -0.2) is 20.0 Å². The lowest BCUT2D eigenvalue weighted by Gasteiger charge is -2.13. The highest BCUT2D eigenvalue weighted by atomic mass is 79.9. The molecule has 0 aliphatic carbocycles. The van der Waals surface area contributed by atoms with Crippen molar-refractivity contribution in [1.29, 1.82) is 0 Å². The van der Waals surface area contributed by atoms with Crippen molar-refractivity contribution in [3.05, 3.63) is 56.0 Å². The van der Waals surface area contributed by atoms with E-state index in [-0.39, 0.29) is 5.78 Å². The van der Waals surface area contributed by atoms with Crippen molar-refractivity contribution in [1.82, 2.24) is 0 Å². The van der Waals surface area contributed by atoms with E-state index in [0.29, 0.717) is 27.1 Å². The third-order valence-corrected chi connectivity index (χ3v) is 4.42. The third kappa shape index (κ3) is 3.14. The highest BCUT2D eigenvalue weighted by Gasteiger charge is 2.20. The number of carbonyl (C=O) groups is 1. The maximum absolute atomic E-state index is 12.8. The summed E-state index contributed by atoms with van der Waals surface area (Å²) in [7, 11) is 3.10. The number of hydrogen-bond donors (Lipinski definition) is 0. The van der Waals surface area contributed by atoms with Crippen molar-refractivity contribution in [2.24, 2.45) is 0 Å².